The maximum Gasteiger partial charge on any atom is 0.0492 e. The van der Waals surface area contributed by atoms with Crippen LogP contribution in [0.5, 0.6) is 0 Å². The molecule has 0 aliphatic rings. The number of hydrazine groups is 1. The SMILES string of the molecule is CCSc1ccc(C(CCc2ccnn2C)NN)cc1. The average molecular weight is 290 g/mol. The zero-order chi connectivity index (χ0) is 14.4. The van der Waals surface area contributed by atoms with E-state index in [9.17, 15) is 0 Å². The maximum atomic E-state index is 5.70. The fraction of sp³-hybridized carbons (Fsp3) is 0.400. The molecule has 0 radical (unpaired) electrons. The molecule has 5 heteroatoms. The second kappa shape index (κ2) is 7.47. The van der Waals surface area contributed by atoms with E-state index in [2.05, 4.69) is 47.8 Å². The Kier molecular flexibility index (Phi) is 5.64. The Bertz CT molecular complexity index is 521. The van der Waals surface area contributed by atoms with Crippen molar-refractivity contribution in [3.8, 4) is 0 Å². The first-order valence-electron chi connectivity index (χ1n) is 6.90. The third-order valence-electron chi connectivity index (χ3n) is 3.41. The van der Waals surface area contributed by atoms with E-state index in [0.29, 0.717) is 0 Å². The molecule has 1 aromatic heterocycles. The van der Waals surface area contributed by atoms with Crippen LogP contribution in [-0.2, 0) is 13.5 Å². The lowest BCUT2D eigenvalue weighted by molar-refractivity contribution is 0.506. The van der Waals surface area contributed by atoms with Crippen LogP contribution < -0.4 is 11.3 Å². The second-order valence-corrected chi connectivity index (χ2v) is 6.04. The molecule has 0 fully saturated rings. The minimum Gasteiger partial charge on any atom is -0.273 e. The normalized spacial score (nSPS) is 12.6. The minimum absolute atomic E-state index is 0.172. The predicted octanol–water partition coefficient (Wildman–Crippen LogP) is 2.67. The Labute approximate surface area is 124 Å². The topological polar surface area (TPSA) is 55.9 Å². The molecule has 0 saturated heterocycles. The summed E-state index contributed by atoms with van der Waals surface area (Å²) in [4.78, 5) is 1.30. The Hall–Kier alpha value is -1.30. The van der Waals surface area contributed by atoms with Gasteiger partial charge in [-0.25, -0.2) is 0 Å². The average Bonchev–Trinajstić information content (AvgIpc) is 2.87. The lowest BCUT2D eigenvalue weighted by atomic mass is 10.0. The quantitative estimate of drug-likeness (QED) is 0.468. The first kappa shape index (κ1) is 15.1. The highest BCUT2D eigenvalue weighted by Gasteiger charge is 2.11. The number of benzene rings is 1. The highest BCUT2D eigenvalue weighted by molar-refractivity contribution is 7.99. The van der Waals surface area contributed by atoms with Crippen molar-refractivity contribution in [2.75, 3.05) is 5.75 Å². The predicted molar refractivity (Wildman–Crippen MR) is 84.4 cm³/mol. The van der Waals surface area contributed by atoms with E-state index in [0.717, 1.165) is 18.6 Å². The van der Waals surface area contributed by atoms with Gasteiger partial charge in [0.05, 0.1) is 0 Å². The van der Waals surface area contributed by atoms with E-state index in [1.165, 1.54) is 16.2 Å². The van der Waals surface area contributed by atoms with E-state index in [4.69, 9.17) is 5.84 Å². The molecule has 0 aliphatic heterocycles. The molecule has 0 saturated carbocycles. The monoisotopic (exact) mass is 290 g/mol. The van der Waals surface area contributed by atoms with Crippen LogP contribution in [0, 0.1) is 0 Å². The lowest BCUT2D eigenvalue weighted by Crippen LogP contribution is -2.28. The zero-order valence-electron chi connectivity index (χ0n) is 12.0. The van der Waals surface area contributed by atoms with Crippen molar-refractivity contribution in [3.05, 3.63) is 47.8 Å². The molecule has 0 spiro atoms. The third-order valence-corrected chi connectivity index (χ3v) is 4.30. The van der Waals surface area contributed by atoms with Crippen LogP contribution in [0.3, 0.4) is 0 Å². The van der Waals surface area contributed by atoms with E-state index < -0.39 is 0 Å². The Morgan fingerprint density at radius 3 is 2.60 bits per heavy atom. The number of aromatic nitrogens is 2. The number of aryl methyl sites for hydroxylation is 2. The highest BCUT2D eigenvalue weighted by atomic mass is 32.2. The molecule has 3 N–H and O–H groups in total. The van der Waals surface area contributed by atoms with Crippen molar-refractivity contribution in [2.45, 2.75) is 30.7 Å². The van der Waals surface area contributed by atoms with Crippen molar-refractivity contribution in [2.24, 2.45) is 12.9 Å². The summed E-state index contributed by atoms with van der Waals surface area (Å²) in [7, 11) is 1.97. The number of nitrogens with two attached hydrogens (primary N) is 1. The zero-order valence-corrected chi connectivity index (χ0v) is 12.9. The molecule has 0 bridgehead atoms. The van der Waals surface area contributed by atoms with Gasteiger partial charge in [0.25, 0.3) is 0 Å². The van der Waals surface area contributed by atoms with Crippen molar-refractivity contribution < 1.29 is 0 Å². The summed E-state index contributed by atoms with van der Waals surface area (Å²) in [5.41, 5.74) is 5.37. The van der Waals surface area contributed by atoms with Gasteiger partial charge in [-0.05, 0) is 42.4 Å². The van der Waals surface area contributed by atoms with Crippen LogP contribution in [0.25, 0.3) is 0 Å². The van der Waals surface area contributed by atoms with Gasteiger partial charge in [-0.2, -0.15) is 5.10 Å². The first-order valence-corrected chi connectivity index (χ1v) is 7.89. The molecule has 108 valence electrons. The number of rotatable bonds is 7. The van der Waals surface area contributed by atoms with Crippen LogP contribution in [-0.4, -0.2) is 15.5 Å². The smallest absolute Gasteiger partial charge is 0.0492 e. The fourth-order valence-corrected chi connectivity index (χ4v) is 2.91. The Balaban J connectivity index is 1.98. The van der Waals surface area contributed by atoms with Crippen LogP contribution >= 0.6 is 11.8 Å². The van der Waals surface area contributed by atoms with E-state index in [1.807, 2.05) is 29.7 Å². The van der Waals surface area contributed by atoms with Gasteiger partial charge in [0.1, 0.15) is 0 Å². The lowest BCUT2D eigenvalue weighted by Gasteiger charge is -2.16. The summed E-state index contributed by atoms with van der Waals surface area (Å²) in [5.74, 6) is 6.80. The van der Waals surface area contributed by atoms with Gasteiger partial charge in [-0.15, -0.1) is 11.8 Å². The van der Waals surface area contributed by atoms with Crippen molar-refractivity contribution in [1.82, 2.24) is 15.2 Å². The summed E-state index contributed by atoms with van der Waals surface area (Å²) in [6.07, 6.45) is 3.74. The maximum absolute atomic E-state index is 5.70. The van der Waals surface area contributed by atoms with E-state index in [1.54, 1.807) is 0 Å². The summed E-state index contributed by atoms with van der Waals surface area (Å²) in [5, 5.41) is 4.19. The number of nitrogens with one attached hydrogen (secondary N) is 1. The summed E-state index contributed by atoms with van der Waals surface area (Å²) in [6.45, 7) is 2.16. The first-order chi connectivity index (χ1) is 9.74. The second-order valence-electron chi connectivity index (χ2n) is 4.71. The molecule has 1 atom stereocenters. The number of thioether (sulfide) groups is 1. The van der Waals surface area contributed by atoms with Gasteiger partial charge in [0.15, 0.2) is 0 Å². The molecule has 20 heavy (non-hydrogen) atoms. The molecule has 2 rings (SSSR count). The number of hydrogen-bond acceptors (Lipinski definition) is 4. The van der Waals surface area contributed by atoms with Crippen molar-refractivity contribution >= 4 is 11.8 Å². The standard InChI is InChI=1S/C15H22N4S/c1-3-20-14-7-4-12(5-8-14)15(18-16)9-6-13-10-11-17-19(13)2/h4-5,7-8,10-11,15,18H,3,6,9,16H2,1-2H3. The fourth-order valence-electron chi connectivity index (χ4n) is 2.25. The third kappa shape index (κ3) is 3.85. The summed E-state index contributed by atoms with van der Waals surface area (Å²) in [6, 6.07) is 10.9. The molecule has 2 aromatic rings. The molecule has 1 aromatic carbocycles. The van der Waals surface area contributed by atoms with Crippen LogP contribution in [0.4, 0.5) is 0 Å². The van der Waals surface area contributed by atoms with Gasteiger partial charge in [-0.1, -0.05) is 19.1 Å². The van der Waals surface area contributed by atoms with E-state index in [-0.39, 0.29) is 6.04 Å². The van der Waals surface area contributed by atoms with Crippen LogP contribution in [0.1, 0.15) is 30.6 Å². The molecule has 0 amide bonds. The molecule has 0 aliphatic carbocycles. The Morgan fingerprint density at radius 2 is 2.05 bits per heavy atom. The molecule has 4 nitrogen and oxygen atoms in total. The molecular weight excluding hydrogens is 268 g/mol. The molecular formula is C15H22N4S. The van der Waals surface area contributed by atoms with Crippen LogP contribution in [0.2, 0.25) is 0 Å². The van der Waals surface area contributed by atoms with Gasteiger partial charge in [0.2, 0.25) is 0 Å². The van der Waals surface area contributed by atoms with Gasteiger partial charge in [-0.3, -0.25) is 16.0 Å². The van der Waals surface area contributed by atoms with Crippen molar-refractivity contribution in [1.29, 1.82) is 0 Å². The van der Waals surface area contributed by atoms with Gasteiger partial charge >= 0.3 is 0 Å². The van der Waals surface area contributed by atoms with Gasteiger partial charge < -0.3 is 0 Å². The summed E-state index contributed by atoms with van der Waals surface area (Å²) < 4.78 is 1.91. The van der Waals surface area contributed by atoms with Crippen LogP contribution in [0.15, 0.2) is 41.4 Å². The van der Waals surface area contributed by atoms with E-state index >= 15 is 0 Å². The number of hydrogen-bond donors (Lipinski definition) is 2. The van der Waals surface area contributed by atoms with Gasteiger partial charge in [0, 0.05) is 29.9 Å². The largest absolute Gasteiger partial charge is 0.273 e. The summed E-state index contributed by atoms with van der Waals surface area (Å²) >= 11 is 1.85. The van der Waals surface area contributed by atoms with Crippen molar-refractivity contribution in [3.63, 3.8) is 0 Å². The Morgan fingerprint density at radius 1 is 1.30 bits per heavy atom. The number of nitrogens with zero attached hydrogens (tertiary/aromatic N) is 2. The molecule has 1 heterocycles. The highest BCUT2D eigenvalue weighted by Crippen LogP contribution is 2.23. The minimum atomic E-state index is 0.172. The molecule has 1 unspecified atom stereocenters.